The van der Waals surface area contributed by atoms with Gasteiger partial charge < -0.3 is 15.0 Å². The van der Waals surface area contributed by atoms with E-state index in [1.54, 1.807) is 7.11 Å². The summed E-state index contributed by atoms with van der Waals surface area (Å²) in [5, 5.41) is 3.49. The van der Waals surface area contributed by atoms with E-state index in [-0.39, 0.29) is 0 Å². The molecule has 1 N–H and O–H groups in total. The second-order valence-electron chi connectivity index (χ2n) is 5.01. The van der Waals surface area contributed by atoms with Gasteiger partial charge in [0.15, 0.2) is 0 Å². The summed E-state index contributed by atoms with van der Waals surface area (Å²) in [7, 11) is 4.02. The average Bonchev–Trinajstić information content (AvgIpc) is 2.32. The predicted octanol–water partition coefficient (Wildman–Crippen LogP) is 0.637. The molecule has 0 aliphatic carbocycles. The molecule has 2 atom stereocenters. The van der Waals surface area contributed by atoms with Crippen molar-refractivity contribution in [1.82, 2.24) is 15.1 Å². The van der Waals surface area contributed by atoms with E-state index in [1.807, 2.05) is 0 Å². The normalized spacial score (nSPS) is 25.1. The van der Waals surface area contributed by atoms with Crippen molar-refractivity contribution in [2.45, 2.75) is 32.4 Å². The molecule has 1 aliphatic heterocycles. The average molecular weight is 243 g/mol. The second kappa shape index (κ2) is 8.03. The first-order valence-electron chi connectivity index (χ1n) is 6.86. The number of nitrogens with zero attached hydrogens (tertiary/aromatic N) is 2. The van der Waals surface area contributed by atoms with E-state index in [2.05, 4.69) is 36.0 Å². The molecule has 4 heteroatoms. The number of hydrogen-bond donors (Lipinski definition) is 1. The number of ether oxygens (including phenoxy) is 1. The minimum Gasteiger partial charge on any atom is -0.383 e. The molecule has 0 bridgehead atoms. The molecule has 4 nitrogen and oxygen atoms in total. The van der Waals surface area contributed by atoms with Crippen LogP contribution in [0.4, 0.5) is 0 Å². The molecule has 0 amide bonds. The molecule has 1 aliphatic rings. The standard InChI is InChI=1S/C13H29N3O/c1-5-13-10-16(8-7-15(13)3)9-12(11-17-4)14-6-2/h12-14H,5-11H2,1-4H3. The third kappa shape index (κ3) is 4.92. The molecule has 0 spiro atoms. The number of hydrogen-bond acceptors (Lipinski definition) is 4. The molecule has 1 fully saturated rings. The Kier molecular flexibility index (Phi) is 7.04. The highest BCUT2D eigenvalue weighted by molar-refractivity contribution is 4.82. The molecule has 17 heavy (non-hydrogen) atoms. The lowest BCUT2D eigenvalue weighted by Gasteiger charge is -2.40. The summed E-state index contributed by atoms with van der Waals surface area (Å²) in [6.45, 7) is 10.9. The molecule has 1 heterocycles. The van der Waals surface area contributed by atoms with Crippen LogP contribution in [0.1, 0.15) is 20.3 Å². The Labute approximate surface area is 106 Å². The SMILES string of the molecule is CCNC(COC)CN1CCN(C)C(CC)C1. The van der Waals surface area contributed by atoms with E-state index in [1.165, 1.54) is 26.1 Å². The molecule has 102 valence electrons. The molecule has 0 aromatic heterocycles. The number of nitrogens with one attached hydrogen (secondary N) is 1. The smallest absolute Gasteiger partial charge is 0.0628 e. The summed E-state index contributed by atoms with van der Waals surface area (Å²) in [6.07, 6.45) is 1.24. The van der Waals surface area contributed by atoms with E-state index >= 15 is 0 Å². The topological polar surface area (TPSA) is 27.7 Å². The van der Waals surface area contributed by atoms with Crippen molar-refractivity contribution < 1.29 is 4.74 Å². The van der Waals surface area contributed by atoms with Crippen molar-refractivity contribution in [3.63, 3.8) is 0 Å². The van der Waals surface area contributed by atoms with Gasteiger partial charge >= 0.3 is 0 Å². The van der Waals surface area contributed by atoms with Gasteiger partial charge in [-0.2, -0.15) is 0 Å². The van der Waals surface area contributed by atoms with Gasteiger partial charge in [-0.15, -0.1) is 0 Å². The van der Waals surface area contributed by atoms with Crippen LogP contribution in [0.3, 0.4) is 0 Å². The van der Waals surface area contributed by atoms with Gasteiger partial charge in [0.2, 0.25) is 0 Å². The lowest BCUT2D eigenvalue weighted by Crippen LogP contribution is -2.54. The Balaban J connectivity index is 2.38. The van der Waals surface area contributed by atoms with E-state index in [9.17, 15) is 0 Å². The van der Waals surface area contributed by atoms with E-state index in [0.29, 0.717) is 12.1 Å². The molecule has 0 saturated carbocycles. The van der Waals surface area contributed by atoms with Crippen molar-refractivity contribution in [1.29, 1.82) is 0 Å². The van der Waals surface area contributed by atoms with Gasteiger partial charge in [-0.3, -0.25) is 4.90 Å². The number of methoxy groups -OCH3 is 1. The van der Waals surface area contributed by atoms with Crippen LogP contribution >= 0.6 is 0 Å². The zero-order valence-corrected chi connectivity index (χ0v) is 11.9. The van der Waals surface area contributed by atoms with Crippen LogP contribution in [0, 0.1) is 0 Å². The van der Waals surface area contributed by atoms with Crippen molar-refractivity contribution in [3.05, 3.63) is 0 Å². The Morgan fingerprint density at radius 3 is 2.71 bits per heavy atom. The van der Waals surface area contributed by atoms with Crippen LogP contribution in [-0.4, -0.2) is 75.4 Å². The zero-order chi connectivity index (χ0) is 12.7. The summed E-state index contributed by atoms with van der Waals surface area (Å²) < 4.78 is 5.27. The zero-order valence-electron chi connectivity index (χ0n) is 11.9. The quantitative estimate of drug-likeness (QED) is 0.710. The fourth-order valence-corrected chi connectivity index (χ4v) is 2.59. The third-order valence-corrected chi connectivity index (χ3v) is 3.67. The maximum absolute atomic E-state index is 5.27. The molecule has 1 rings (SSSR count). The maximum atomic E-state index is 5.27. The van der Waals surface area contributed by atoms with Crippen molar-refractivity contribution in [2.24, 2.45) is 0 Å². The van der Waals surface area contributed by atoms with Crippen molar-refractivity contribution in [3.8, 4) is 0 Å². The summed E-state index contributed by atoms with van der Waals surface area (Å²) in [4.78, 5) is 5.05. The fourth-order valence-electron chi connectivity index (χ4n) is 2.59. The van der Waals surface area contributed by atoms with Crippen LogP contribution in [0.15, 0.2) is 0 Å². The van der Waals surface area contributed by atoms with Gasteiger partial charge in [0.25, 0.3) is 0 Å². The van der Waals surface area contributed by atoms with Gasteiger partial charge in [-0.1, -0.05) is 13.8 Å². The third-order valence-electron chi connectivity index (χ3n) is 3.67. The minimum atomic E-state index is 0.464. The molecule has 0 aromatic carbocycles. The largest absolute Gasteiger partial charge is 0.383 e. The highest BCUT2D eigenvalue weighted by Gasteiger charge is 2.24. The first-order chi connectivity index (χ1) is 8.21. The van der Waals surface area contributed by atoms with Crippen LogP contribution in [-0.2, 0) is 4.74 Å². The van der Waals surface area contributed by atoms with E-state index in [0.717, 1.165) is 19.7 Å². The fraction of sp³-hybridized carbons (Fsp3) is 1.00. The Bertz CT molecular complexity index is 195. The van der Waals surface area contributed by atoms with Gasteiger partial charge in [-0.25, -0.2) is 0 Å². The van der Waals surface area contributed by atoms with Crippen molar-refractivity contribution in [2.75, 3.05) is 53.5 Å². The molecular formula is C13H29N3O. The van der Waals surface area contributed by atoms with Crippen molar-refractivity contribution >= 4 is 0 Å². The van der Waals surface area contributed by atoms with Gasteiger partial charge in [0.1, 0.15) is 0 Å². The minimum absolute atomic E-state index is 0.464. The van der Waals surface area contributed by atoms with Crippen LogP contribution in [0.25, 0.3) is 0 Å². The van der Waals surface area contributed by atoms with Crippen LogP contribution in [0.2, 0.25) is 0 Å². The first-order valence-corrected chi connectivity index (χ1v) is 6.86. The lowest BCUT2D eigenvalue weighted by molar-refractivity contribution is 0.0719. The maximum Gasteiger partial charge on any atom is 0.0628 e. The first kappa shape index (κ1) is 14.9. The monoisotopic (exact) mass is 243 g/mol. The molecule has 1 saturated heterocycles. The Hall–Kier alpha value is -0.160. The summed E-state index contributed by atoms with van der Waals surface area (Å²) in [6, 6.07) is 1.18. The highest BCUT2D eigenvalue weighted by Crippen LogP contribution is 2.10. The highest BCUT2D eigenvalue weighted by atomic mass is 16.5. The van der Waals surface area contributed by atoms with Crippen LogP contribution in [0.5, 0.6) is 0 Å². The lowest BCUT2D eigenvalue weighted by atomic mass is 10.1. The number of piperazine rings is 1. The molecular weight excluding hydrogens is 214 g/mol. The molecule has 0 radical (unpaired) electrons. The second-order valence-corrected chi connectivity index (χ2v) is 5.01. The van der Waals surface area contributed by atoms with Gasteiger partial charge in [0, 0.05) is 45.4 Å². The summed E-state index contributed by atoms with van der Waals surface area (Å²) in [5.74, 6) is 0. The van der Waals surface area contributed by atoms with E-state index in [4.69, 9.17) is 4.74 Å². The molecule has 2 unspecified atom stereocenters. The van der Waals surface area contributed by atoms with E-state index < -0.39 is 0 Å². The Morgan fingerprint density at radius 2 is 2.12 bits per heavy atom. The summed E-state index contributed by atoms with van der Waals surface area (Å²) >= 11 is 0. The van der Waals surface area contributed by atoms with Gasteiger partial charge in [0.05, 0.1) is 6.61 Å². The predicted molar refractivity (Wildman–Crippen MR) is 72.5 cm³/mol. The van der Waals surface area contributed by atoms with Gasteiger partial charge in [-0.05, 0) is 20.0 Å². The number of rotatable bonds is 7. The number of likely N-dealkylation sites (N-methyl/N-ethyl adjacent to an activating group) is 2. The van der Waals surface area contributed by atoms with Crippen LogP contribution < -0.4 is 5.32 Å². The summed E-state index contributed by atoms with van der Waals surface area (Å²) in [5.41, 5.74) is 0. The molecule has 0 aromatic rings. The Morgan fingerprint density at radius 1 is 1.35 bits per heavy atom.